The Kier molecular flexibility index (Phi) is 210000. The zero-order chi connectivity index (χ0) is 0. The van der Waals surface area contributed by atoms with E-state index < -0.39 is 0 Å². The molecule has 6 N–H and O–H groups in total. The fourth-order valence-corrected chi connectivity index (χ4v) is 0. The second-order valence-electron chi connectivity index (χ2n) is 0. The van der Waals surface area contributed by atoms with Gasteiger partial charge in [-0.1, -0.05) is 0 Å². The zero-order valence-corrected chi connectivity index (χ0v) is 6.02. The Balaban J connectivity index is 0. The van der Waals surface area contributed by atoms with E-state index in [-0.39, 0.29) is 53.9 Å². The molecule has 0 fully saturated rings. The molecule has 0 bridgehead atoms. The molecule has 0 aliphatic rings. The van der Waals surface area contributed by atoms with E-state index >= 15 is 0 Å². The quantitative estimate of drug-likeness (QED) is 0.546. The molecular weight excluding hydrogens is 280 g/mol. The van der Waals surface area contributed by atoms with E-state index in [1.54, 1.807) is 0 Å². The van der Waals surface area contributed by atoms with Crippen molar-refractivity contribution in [2.24, 2.45) is 0 Å². The summed E-state index contributed by atoms with van der Waals surface area (Å²) in [6, 6.07) is 0. The van der Waals surface area contributed by atoms with Crippen LogP contribution in [0.2, 0.25) is 0 Å². The van der Waals surface area contributed by atoms with E-state index in [4.69, 9.17) is 0 Å². The standard InChI is InChI=1S/6H2O.W/h6*1H2;/p-6. The number of hydrogen-bond acceptors (Lipinski definition) is 6. The summed E-state index contributed by atoms with van der Waals surface area (Å²) in [7, 11) is 0. The molecule has 0 saturated carbocycles. The second-order valence-corrected chi connectivity index (χ2v) is 0. The van der Waals surface area contributed by atoms with Crippen LogP contribution < -0.4 is 0 Å². The maximum absolute atomic E-state index is 0. The zero-order valence-electron chi connectivity index (χ0n) is 3.09. The molecule has 0 spiro atoms. The van der Waals surface area contributed by atoms with Gasteiger partial charge in [0, 0.05) is 21.1 Å². The largest absolute Gasteiger partial charge is 0.870 e. The summed E-state index contributed by atoms with van der Waals surface area (Å²) in [6.07, 6.45) is 0. The molecular formula is H6O6W-6. The van der Waals surface area contributed by atoms with Crippen LogP contribution in [-0.2, 0) is 21.1 Å². The Morgan fingerprint density at radius 3 is 0.286 bits per heavy atom. The van der Waals surface area contributed by atoms with Gasteiger partial charge in [-0.3, -0.25) is 0 Å². The van der Waals surface area contributed by atoms with Gasteiger partial charge in [0.2, 0.25) is 0 Å². The van der Waals surface area contributed by atoms with Crippen LogP contribution in [0.15, 0.2) is 0 Å². The Morgan fingerprint density at radius 2 is 0.286 bits per heavy atom. The van der Waals surface area contributed by atoms with Crippen LogP contribution in [0.4, 0.5) is 0 Å². The van der Waals surface area contributed by atoms with Gasteiger partial charge in [0.15, 0.2) is 0 Å². The average Bonchev–Trinajstić information content (AvgIpc) is 0. The minimum absolute atomic E-state index is 0. The van der Waals surface area contributed by atoms with Crippen molar-refractivity contribution < 1.29 is 53.9 Å². The third-order valence-electron chi connectivity index (χ3n) is 0. The van der Waals surface area contributed by atoms with E-state index in [9.17, 15) is 0 Å². The van der Waals surface area contributed by atoms with Gasteiger partial charge in [0.25, 0.3) is 0 Å². The number of rotatable bonds is 0. The molecule has 0 saturated heterocycles. The molecule has 0 amide bonds. The van der Waals surface area contributed by atoms with Crippen molar-refractivity contribution in [3.8, 4) is 0 Å². The van der Waals surface area contributed by atoms with Crippen molar-refractivity contribution in [3.05, 3.63) is 0 Å². The molecule has 0 aliphatic carbocycles. The molecule has 7 heteroatoms. The summed E-state index contributed by atoms with van der Waals surface area (Å²) in [5.41, 5.74) is 0. The van der Waals surface area contributed by atoms with E-state index in [1.807, 2.05) is 0 Å². The maximum Gasteiger partial charge on any atom is 0 e. The molecule has 0 aromatic carbocycles. The van der Waals surface area contributed by atoms with Crippen LogP contribution in [-0.4, -0.2) is 32.9 Å². The minimum atomic E-state index is 0. The summed E-state index contributed by atoms with van der Waals surface area (Å²) in [4.78, 5) is 0. The minimum Gasteiger partial charge on any atom is -0.870 e. The molecule has 54 valence electrons. The summed E-state index contributed by atoms with van der Waals surface area (Å²) in [5, 5.41) is 0. The first kappa shape index (κ1) is 1540. The van der Waals surface area contributed by atoms with E-state index in [1.165, 1.54) is 0 Å². The third kappa shape index (κ3) is 635. The average molecular weight is 286 g/mol. The molecule has 6 nitrogen and oxygen atoms in total. The molecule has 0 unspecified atom stereocenters. The summed E-state index contributed by atoms with van der Waals surface area (Å²) >= 11 is 0. The Morgan fingerprint density at radius 1 is 0.286 bits per heavy atom. The van der Waals surface area contributed by atoms with Crippen molar-refractivity contribution in [2.75, 3.05) is 0 Å². The van der Waals surface area contributed by atoms with E-state index in [0.29, 0.717) is 0 Å². The smallest absolute Gasteiger partial charge is 0 e. The van der Waals surface area contributed by atoms with Gasteiger partial charge in [0.05, 0.1) is 0 Å². The van der Waals surface area contributed by atoms with Gasteiger partial charge in [-0.2, -0.15) is 0 Å². The van der Waals surface area contributed by atoms with Crippen molar-refractivity contribution in [2.45, 2.75) is 0 Å². The van der Waals surface area contributed by atoms with Crippen LogP contribution in [0.25, 0.3) is 0 Å². The fourth-order valence-electron chi connectivity index (χ4n) is 0. The molecule has 0 heterocycles. The van der Waals surface area contributed by atoms with E-state index in [2.05, 4.69) is 0 Å². The Hall–Kier alpha value is 0.448. The normalized spacial score (nSPS) is 0. The molecule has 0 aliphatic heterocycles. The van der Waals surface area contributed by atoms with E-state index in [0.717, 1.165) is 0 Å². The molecule has 0 rings (SSSR count). The van der Waals surface area contributed by atoms with Crippen molar-refractivity contribution in [3.63, 3.8) is 0 Å². The summed E-state index contributed by atoms with van der Waals surface area (Å²) in [5.74, 6) is 0. The van der Waals surface area contributed by atoms with Crippen LogP contribution in [0, 0.1) is 0 Å². The molecule has 0 aromatic heterocycles. The van der Waals surface area contributed by atoms with Crippen LogP contribution in [0.5, 0.6) is 0 Å². The van der Waals surface area contributed by atoms with Crippen molar-refractivity contribution >= 4 is 0 Å². The SMILES string of the molecule is [OH-].[OH-].[OH-].[OH-].[OH-].[OH-].[W]. The molecule has 0 atom stereocenters. The Bertz CT molecular complexity index is 4.14. The van der Waals surface area contributed by atoms with Crippen LogP contribution >= 0.6 is 0 Å². The first-order chi connectivity index (χ1) is 0. The molecule has 7 heavy (non-hydrogen) atoms. The van der Waals surface area contributed by atoms with Gasteiger partial charge in [0.1, 0.15) is 0 Å². The second kappa shape index (κ2) is 952. The van der Waals surface area contributed by atoms with Crippen molar-refractivity contribution in [1.82, 2.24) is 0 Å². The molecule has 0 radical (unpaired) electrons. The first-order valence-corrected chi connectivity index (χ1v) is 0. The Labute approximate surface area is 54.6 Å². The third-order valence-corrected chi connectivity index (χ3v) is 0. The first-order valence-electron chi connectivity index (χ1n) is 0. The summed E-state index contributed by atoms with van der Waals surface area (Å²) in [6.45, 7) is 0. The van der Waals surface area contributed by atoms with Crippen molar-refractivity contribution in [1.29, 1.82) is 0 Å². The predicted molar refractivity (Wildman–Crippen MR) is 11.6 cm³/mol. The van der Waals surface area contributed by atoms with Crippen LogP contribution in [0.3, 0.4) is 0 Å². The molecule has 0 aromatic rings. The summed E-state index contributed by atoms with van der Waals surface area (Å²) < 4.78 is 0. The van der Waals surface area contributed by atoms with Gasteiger partial charge < -0.3 is 32.9 Å². The monoisotopic (exact) mass is 286 g/mol. The number of hydrogen-bond donors (Lipinski definition) is 0. The van der Waals surface area contributed by atoms with Gasteiger partial charge in [-0.25, -0.2) is 0 Å². The van der Waals surface area contributed by atoms with Crippen LogP contribution in [0.1, 0.15) is 0 Å². The van der Waals surface area contributed by atoms with Gasteiger partial charge >= 0.3 is 0 Å². The van der Waals surface area contributed by atoms with Gasteiger partial charge in [-0.15, -0.1) is 0 Å². The maximum atomic E-state index is 0. The fraction of sp³-hybridized carbons (Fsp3) is 0. The predicted octanol–water partition coefficient (Wildman–Crippen LogP) is -1.06. The topological polar surface area (TPSA) is 180 Å². The van der Waals surface area contributed by atoms with Gasteiger partial charge in [-0.05, 0) is 0 Å².